The van der Waals surface area contributed by atoms with Crippen molar-refractivity contribution in [1.82, 2.24) is 0 Å². The van der Waals surface area contributed by atoms with Gasteiger partial charge < -0.3 is 19.5 Å². The SMILES string of the molecule is CCCCCOC(=O)[C@H](C)Oc1ccc(C(=O)Nc2ccc(OC)c(Cl)c2)cc1. The van der Waals surface area contributed by atoms with Crippen molar-refractivity contribution >= 4 is 29.2 Å². The number of carbonyl (C=O) groups excluding carboxylic acids is 2. The number of ether oxygens (including phenoxy) is 3. The van der Waals surface area contributed by atoms with Crippen molar-refractivity contribution in [3.05, 3.63) is 53.1 Å². The average Bonchev–Trinajstić information content (AvgIpc) is 2.71. The fourth-order valence-corrected chi connectivity index (χ4v) is 2.78. The molecule has 1 atom stereocenters. The Labute approximate surface area is 176 Å². The molecule has 0 heterocycles. The minimum absolute atomic E-state index is 0.291. The molecule has 0 radical (unpaired) electrons. The van der Waals surface area contributed by atoms with Crippen LogP contribution in [-0.4, -0.2) is 31.7 Å². The summed E-state index contributed by atoms with van der Waals surface area (Å²) in [7, 11) is 1.52. The highest BCUT2D eigenvalue weighted by molar-refractivity contribution is 6.32. The number of benzene rings is 2. The molecule has 0 aromatic heterocycles. The van der Waals surface area contributed by atoms with Gasteiger partial charge in [-0.05, 0) is 55.8 Å². The van der Waals surface area contributed by atoms with Crippen LogP contribution in [0.25, 0.3) is 0 Å². The van der Waals surface area contributed by atoms with Crippen LogP contribution in [0.4, 0.5) is 5.69 Å². The molecule has 0 unspecified atom stereocenters. The first-order valence-corrected chi connectivity index (χ1v) is 9.90. The van der Waals surface area contributed by atoms with Crippen molar-refractivity contribution in [3.8, 4) is 11.5 Å². The monoisotopic (exact) mass is 419 g/mol. The summed E-state index contributed by atoms with van der Waals surface area (Å²) in [5, 5.41) is 3.18. The Kier molecular flexibility index (Phi) is 8.80. The van der Waals surface area contributed by atoms with E-state index >= 15 is 0 Å². The fourth-order valence-electron chi connectivity index (χ4n) is 2.53. The summed E-state index contributed by atoms with van der Waals surface area (Å²) < 4.78 is 15.9. The van der Waals surface area contributed by atoms with Crippen molar-refractivity contribution in [3.63, 3.8) is 0 Å². The summed E-state index contributed by atoms with van der Waals surface area (Å²) >= 11 is 6.07. The molecule has 0 saturated heterocycles. The van der Waals surface area contributed by atoms with Gasteiger partial charge >= 0.3 is 5.97 Å². The maximum Gasteiger partial charge on any atom is 0.347 e. The van der Waals surface area contributed by atoms with Crippen LogP contribution < -0.4 is 14.8 Å². The van der Waals surface area contributed by atoms with Crippen LogP contribution in [0.15, 0.2) is 42.5 Å². The zero-order chi connectivity index (χ0) is 21.2. The Hall–Kier alpha value is -2.73. The van der Waals surface area contributed by atoms with Gasteiger partial charge in [0.05, 0.1) is 18.7 Å². The molecule has 7 heteroatoms. The Balaban J connectivity index is 1.89. The van der Waals surface area contributed by atoms with Crippen molar-refractivity contribution in [2.45, 2.75) is 39.2 Å². The first-order valence-electron chi connectivity index (χ1n) is 9.52. The molecule has 0 spiro atoms. The van der Waals surface area contributed by atoms with Gasteiger partial charge in [0.2, 0.25) is 0 Å². The summed E-state index contributed by atoms with van der Waals surface area (Å²) in [4.78, 5) is 24.3. The molecule has 1 amide bonds. The van der Waals surface area contributed by atoms with Gasteiger partial charge in [0.1, 0.15) is 11.5 Å². The molecular weight excluding hydrogens is 394 g/mol. The lowest BCUT2D eigenvalue weighted by molar-refractivity contribution is -0.151. The second-order valence-electron chi connectivity index (χ2n) is 6.46. The normalized spacial score (nSPS) is 11.4. The van der Waals surface area contributed by atoms with E-state index in [0.29, 0.717) is 34.4 Å². The maximum atomic E-state index is 12.4. The maximum absolute atomic E-state index is 12.4. The van der Waals surface area contributed by atoms with E-state index in [9.17, 15) is 9.59 Å². The van der Waals surface area contributed by atoms with Gasteiger partial charge in [0.15, 0.2) is 6.10 Å². The van der Waals surface area contributed by atoms with E-state index in [0.717, 1.165) is 19.3 Å². The molecule has 2 aromatic carbocycles. The van der Waals surface area contributed by atoms with E-state index in [1.165, 1.54) is 7.11 Å². The summed E-state index contributed by atoms with van der Waals surface area (Å²) in [5.74, 6) is 0.316. The molecule has 0 aliphatic rings. The van der Waals surface area contributed by atoms with Crippen LogP contribution >= 0.6 is 11.6 Å². The van der Waals surface area contributed by atoms with E-state index in [-0.39, 0.29) is 5.91 Å². The molecular formula is C22H26ClNO5. The van der Waals surface area contributed by atoms with Gasteiger partial charge in [-0.1, -0.05) is 31.4 Å². The minimum atomic E-state index is -0.724. The van der Waals surface area contributed by atoms with Crippen LogP contribution in [0.3, 0.4) is 0 Å². The molecule has 0 saturated carbocycles. The van der Waals surface area contributed by atoms with Crippen molar-refractivity contribution in [1.29, 1.82) is 0 Å². The number of nitrogens with one attached hydrogen (secondary N) is 1. The molecule has 0 fully saturated rings. The third kappa shape index (κ3) is 6.98. The fraction of sp³-hybridized carbons (Fsp3) is 0.364. The Morgan fingerprint density at radius 1 is 1.10 bits per heavy atom. The zero-order valence-electron chi connectivity index (χ0n) is 16.9. The van der Waals surface area contributed by atoms with Crippen molar-refractivity contribution in [2.75, 3.05) is 19.0 Å². The predicted molar refractivity (Wildman–Crippen MR) is 113 cm³/mol. The smallest absolute Gasteiger partial charge is 0.347 e. The van der Waals surface area contributed by atoms with Gasteiger partial charge in [-0.2, -0.15) is 0 Å². The Morgan fingerprint density at radius 3 is 2.45 bits per heavy atom. The van der Waals surface area contributed by atoms with Crippen LogP contribution in [0, 0.1) is 0 Å². The van der Waals surface area contributed by atoms with E-state index < -0.39 is 12.1 Å². The number of carbonyl (C=O) groups is 2. The number of hydrogen-bond donors (Lipinski definition) is 1. The lowest BCUT2D eigenvalue weighted by atomic mass is 10.2. The lowest BCUT2D eigenvalue weighted by Crippen LogP contribution is -2.26. The average molecular weight is 420 g/mol. The molecule has 156 valence electrons. The summed E-state index contributed by atoms with van der Waals surface area (Å²) in [6.07, 6.45) is 2.21. The Morgan fingerprint density at radius 2 is 1.83 bits per heavy atom. The van der Waals surface area contributed by atoms with Crippen molar-refractivity contribution in [2.24, 2.45) is 0 Å². The first-order chi connectivity index (χ1) is 13.9. The Bertz CT molecular complexity index is 822. The topological polar surface area (TPSA) is 73.9 Å². The molecule has 2 rings (SSSR count). The number of esters is 1. The zero-order valence-corrected chi connectivity index (χ0v) is 17.6. The van der Waals surface area contributed by atoms with E-state index in [1.54, 1.807) is 49.4 Å². The number of hydrogen-bond acceptors (Lipinski definition) is 5. The largest absolute Gasteiger partial charge is 0.495 e. The molecule has 2 aromatic rings. The molecule has 0 bridgehead atoms. The molecule has 6 nitrogen and oxygen atoms in total. The summed E-state index contributed by atoms with van der Waals surface area (Å²) in [5.41, 5.74) is 1.000. The number of anilines is 1. The van der Waals surface area contributed by atoms with Crippen LogP contribution in [-0.2, 0) is 9.53 Å². The van der Waals surface area contributed by atoms with Gasteiger partial charge in [-0.25, -0.2) is 4.79 Å². The number of amides is 1. The number of methoxy groups -OCH3 is 1. The predicted octanol–water partition coefficient (Wildman–Crippen LogP) is 5.10. The van der Waals surface area contributed by atoms with E-state index in [1.807, 2.05) is 0 Å². The van der Waals surface area contributed by atoms with Gasteiger partial charge in [-0.3, -0.25) is 4.79 Å². The first kappa shape index (κ1) is 22.6. The molecule has 0 aliphatic heterocycles. The lowest BCUT2D eigenvalue weighted by Gasteiger charge is -2.14. The molecule has 1 N–H and O–H groups in total. The van der Waals surface area contributed by atoms with Gasteiger partial charge in [0, 0.05) is 11.3 Å². The number of unbranched alkanes of at least 4 members (excludes halogenated alkanes) is 2. The van der Waals surface area contributed by atoms with Crippen LogP contribution in [0.1, 0.15) is 43.5 Å². The highest BCUT2D eigenvalue weighted by Gasteiger charge is 2.16. The summed E-state index contributed by atoms with van der Waals surface area (Å²) in [6.45, 7) is 4.12. The van der Waals surface area contributed by atoms with Crippen molar-refractivity contribution < 1.29 is 23.8 Å². The third-order valence-corrected chi connectivity index (χ3v) is 4.46. The molecule has 29 heavy (non-hydrogen) atoms. The second kappa shape index (κ2) is 11.3. The number of rotatable bonds is 10. The highest BCUT2D eigenvalue weighted by Crippen LogP contribution is 2.27. The van der Waals surface area contributed by atoms with E-state index in [4.69, 9.17) is 25.8 Å². The minimum Gasteiger partial charge on any atom is -0.495 e. The summed E-state index contributed by atoms with van der Waals surface area (Å²) in [6, 6.07) is 11.5. The molecule has 0 aliphatic carbocycles. The quantitative estimate of drug-likeness (QED) is 0.428. The van der Waals surface area contributed by atoms with Gasteiger partial charge in [0.25, 0.3) is 5.91 Å². The van der Waals surface area contributed by atoms with Gasteiger partial charge in [-0.15, -0.1) is 0 Å². The second-order valence-corrected chi connectivity index (χ2v) is 6.87. The third-order valence-electron chi connectivity index (χ3n) is 4.16. The highest BCUT2D eigenvalue weighted by atomic mass is 35.5. The number of halogens is 1. The van der Waals surface area contributed by atoms with Crippen LogP contribution in [0.5, 0.6) is 11.5 Å². The van der Waals surface area contributed by atoms with E-state index in [2.05, 4.69) is 12.2 Å². The standard InChI is InChI=1S/C22H26ClNO5/c1-4-5-6-13-28-22(26)15(2)29-18-10-7-16(8-11-18)21(25)24-17-9-12-20(27-3)19(23)14-17/h7-12,14-15H,4-6,13H2,1-3H3,(H,24,25)/t15-/m0/s1. The van der Waals surface area contributed by atoms with Crippen LogP contribution in [0.2, 0.25) is 5.02 Å².